The van der Waals surface area contributed by atoms with Crippen LogP contribution in [0.15, 0.2) is 29.2 Å². The Labute approximate surface area is 115 Å². The molecule has 0 saturated carbocycles. The largest absolute Gasteiger partial charge is 0.867 e. The second-order valence-electron chi connectivity index (χ2n) is 3.86. The van der Waals surface area contributed by atoms with E-state index in [1.165, 1.54) is 31.4 Å². The molecule has 0 N–H and O–H groups in total. The molecule has 0 amide bonds. The molecule has 104 valence electrons. The lowest BCUT2D eigenvalue weighted by Gasteiger charge is -2.13. The van der Waals surface area contributed by atoms with Gasteiger partial charge in [0.15, 0.2) is 4.98 Å². The Kier molecular flexibility index (Phi) is 3.48. The van der Waals surface area contributed by atoms with Gasteiger partial charge < -0.3 is 9.84 Å². The third-order valence-electron chi connectivity index (χ3n) is 2.83. The van der Waals surface area contributed by atoms with Gasteiger partial charge in [-0.15, -0.1) is 0 Å². The van der Waals surface area contributed by atoms with Crippen LogP contribution < -0.4 is 9.84 Å². The number of nitrogens with zero attached hydrogens (tertiary/aromatic N) is 2. The quantitative estimate of drug-likeness (QED) is 0.631. The maximum absolute atomic E-state index is 12.1. The Morgan fingerprint density at radius 1 is 1.20 bits per heavy atom. The lowest BCUT2D eigenvalue weighted by Crippen LogP contribution is -2.05. The van der Waals surface area contributed by atoms with E-state index in [2.05, 4.69) is 9.16 Å². The SMILES string of the molecule is COc1cc(S(=O)(=O)OC)c2ccc([N+]#N)c([O-])c2c1. The predicted molar refractivity (Wildman–Crippen MR) is 68.9 cm³/mol. The molecule has 2 rings (SSSR count). The van der Waals surface area contributed by atoms with Crippen molar-refractivity contribution in [2.75, 3.05) is 14.2 Å². The van der Waals surface area contributed by atoms with Crippen molar-refractivity contribution in [3.8, 4) is 11.5 Å². The molecule has 0 atom stereocenters. The average Bonchev–Trinajstić information content (AvgIpc) is 2.46. The second-order valence-corrected chi connectivity index (χ2v) is 5.54. The van der Waals surface area contributed by atoms with Crippen LogP contribution in [0, 0.1) is 5.39 Å². The number of methoxy groups -OCH3 is 1. The van der Waals surface area contributed by atoms with E-state index in [1.807, 2.05) is 0 Å². The van der Waals surface area contributed by atoms with Crippen molar-refractivity contribution >= 4 is 26.6 Å². The van der Waals surface area contributed by atoms with Gasteiger partial charge in [0.1, 0.15) is 10.6 Å². The molecule has 0 bridgehead atoms. The van der Waals surface area contributed by atoms with E-state index in [4.69, 9.17) is 10.1 Å². The summed E-state index contributed by atoms with van der Waals surface area (Å²) in [5.74, 6) is -0.420. The number of benzene rings is 2. The fraction of sp³-hybridized carbons (Fsp3) is 0.167. The first-order valence-electron chi connectivity index (χ1n) is 5.42. The summed E-state index contributed by atoms with van der Waals surface area (Å²) < 4.78 is 33.2. The Morgan fingerprint density at radius 2 is 1.90 bits per heavy atom. The van der Waals surface area contributed by atoms with Crippen molar-refractivity contribution in [2.24, 2.45) is 0 Å². The summed E-state index contributed by atoms with van der Waals surface area (Å²) in [6.07, 6.45) is 0. The number of diazo groups is 1. The number of ether oxygens (including phenoxy) is 1. The van der Waals surface area contributed by atoms with Gasteiger partial charge in [-0.05, 0) is 23.3 Å². The molecule has 20 heavy (non-hydrogen) atoms. The Morgan fingerprint density at radius 3 is 2.45 bits per heavy atom. The predicted octanol–water partition coefficient (Wildman–Crippen LogP) is 1.74. The van der Waals surface area contributed by atoms with E-state index < -0.39 is 15.9 Å². The maximum Gasteiger partial charge on any atom is 0.378 e. The number of hydrogen-bond donors (Lipinski definition) is 0. The highest BCUT2D eigenvalue weighted by Gasteiger charge is 2.21. The van der Waals surface area contributed by atoms with Gasteiger partial charge in [-0.2, -0.15) is 8.42 Å². The van der Waals surface area contributed by atoms with E-state index in [1.54, 1.807) is 0 Å². The molecule has 8 heteroatoms. The van der Waals surface area contributed by atoms with Crippen molar-refractivity contribution in [2.45, 2.75) is 4.90 Å². The zero-order valence-electron chi connectivity index (χ0n) is 10.7. The van der Waals surface area contributed by atoms with Gasteiger partial charge in [-0.3, -0.25) is 4.18 Å². The molecule has 0 unspecified atom stereocenters. The zero-order chi connectivity index (χ0) is 14.9. The van der Waals surface area contributed by atoms with Gasteiger partial charge >= 0.3 is 5.69 Å². The van der Waals surface area contributed by atoms with Gasteiger partial charge in [0, 0.05) is 17.5 Å². The number of hydrogen-bond acceptors (Lipinski definition) is 6. The van der Waals surface area contributed by atoms with Crippen LogP contribution in [-0.2, 0) is 14.3 Å². The number of rotatable bonds is 3. The molecule has 0 radical (unpaired) electrons. The van der Waals surface area contributed by atoms with Crippen molar-refractivity contribution in [1.29, 1.82) is 5.39 Å². The van der Waals surface area contributed by atoms with Crippen LogP contribution in [0.2, 0.25) is 0 Å². The van der Waals surface area contributed by atoms with Crippen LogP contribution in [0.5, 0.6) is 11.5 Å². The first-order chi connectivity index (χ1) is 9.44. The van der Waals surface area contributed by atoms with Crippen molar-refractivity contribution in [1.82, 2.24) is 0 Å². The third-order valence-corrected chi connectivity index (χ3v) is 4.15. The van der Waals surface area contributed by atoms with Crippen LogP contribution in [-0.4, -0.2) is 22.6 Å². The highest BCUT2D eigenvalue weighted by atomic mass is 32.2. The Balaban J connectivity index is 2.97. The summed E-state index contributed by atoms with van der Waals surface area (Å²) in [5.41, 5.74) is -0.188. The van der Waals surface area contributed by atoms with Crippen molar-refractivity contribution in [3.63, 3.8) is 0 Å². The Bertz CT molecular complexity index is 824. The van der Waals surface area contributed by atoms with E-state index in [0.29, 0.717) is 0 Å². The maximum atomic E-state index is 12.1. The van der Waals surface area contributed by atoms with Gasteiger partial charge in [0.05, 0.1) is 14.2 Å². The van der Waals surface area contributed by atoms with E-state index >= 15 is 0 Å². The van der Waals surface area contributed by atoms with E-state index in [9.17, 15) is 13.5 Å². The van der Waals surface area contributed by atoms with Crippen LogP contribution in [0.1, 0.15) is 0 Å². The number of fused-ring (bicyclic) bond motifs is 1. The van der Waals surface area contributed by atoms with Gasteiger partial charge in [0.25, 0.3) is 10.1 Å². The summed E-state index contributed by atoms with van der Waals surface area (Å²) in [5, 5.41) is 21.0. The van der Waals surface area contributed by atoms with Gasteiger partial charge in [-0.25, -0.2) is 0 Å². The minimum Gasteiger partial charge on any atom is -0.867 e. The molecule has 0 spiro atoms. The minimum absolute atomic E-state index is 0.0651. The van der Waals surface area contributed by atoms with E-state index in [-0.39, 0.29) is 27.1 Å². The van der Waals surface area contributed by atoms with Crippen LogP contribution in [0.25, 0.3) is 15.7 Å². The molecule has 2 aromatic rings. The Hall–Kier alpha value is -2.37. The standard InChI is InChI=1S/C12H10N2O5S/c1-18-7-5-9-8(3-4-10(14-13)12(9)15)11(6-7)20(16,17)19-2/h3-6H,1-2H3. The van der Waals surface area contributed by atoms with E-state index in [0.717, 1.165) is 7.11 Å². The first-order valence-corrected chi connectivity index (χ1v) is 6.83. The molecule has 0 aromatic heterocycles. The van der Waals surface area contributed by atoms with Crippen molar-refractivity contribution < 1.29 is 22.4 Å². The van der Waals surface area contributed by atoms with Crippen LogP contribution in [0.3, 0.4) is 0 Å². The fourth-order valence-corrected chi connectivity index (χ4v) is 2.72. The topological polar surface area (TPSA) is 104 Å². The molecule has 0 aliphatic rings. The van der Waals surface area contributed by atoms with Crippen LogP contribution in [0.4, 0.5) is 5.69 Å². The summed E-state index contributed by atoms with van der Waals surface area (Å²) in [7, 11) is -1.64. The molecule has 0 saturated heterocycles. The second kappa shape index (κ2) is 4.96. The molecular formula is C12H10N2O5S. The summed E-state index contributed by atoms with van der Waals surface area (Å²) >= 11 is 0. The molecule has 0 fully saturated rings. The lowest BCUT2D eigenvalue weighted by molar-refractivity contribution is -0.264. The normalized spacial score (nSPS) is 11.2. The van der Waals surface area contributed by atoms with Gasteiger partial charge in [0.2, 0.25) is 5.39 Å². The third kappa shape index (κ3) is 2.13. The first kappa shape index (κ1) is 14.0. The monoisotopic (exact) mass is 294 g/mol. The average molecular weight is 294 g/mol. The minimum atomic E-state index is -4.01. The highest BCUT2D eigenvalue weighted by Crippen LogP contribution is 2.38. The lowest BCUT2D eigenvalue weighted by atomic mass is 10.1. The summed E-state index contributed by atoms with van der Waals surface area (Å²) in [4.78, 5) is 2.67. The highest BCUT2D eigenvalue weighted by molar-refractivity contribution is 7.87. The summed E-state index contributed by atoms with van der Waals surface area (Å²) in [6, 6.07) is 5.24. The molecular weight excluding hydrogens is 284 g/mol. The molecule has 0 heterocycles. The molecule has 2 aromatic carbocycles. The molecule has 0 aliphatic carbocycles. The smallest absolute Gasteiger partial charge is 0.378 e. The zero-order valence-corrected chi connectivity index (χ0v) is 11.5. The van der Waals surface area contributed by atoms with Gasteiger partial charge in [-0.1, -0.05) is 0 Å². The van der Waals surface area contributed by atoms with Crippen LogP contribution >= 0.6 is 0 Å². The van der Waals surface area contributed by atoms with Crippen molar-refractivity contribution in [3.05, 3.63) is 29.2 Å². The fourth-order valence-electron chi connectivity index (χ4n) is 1.83. The summed E-state index contributed by atoms with van der Waals surface area (Å²) in [6.45, 7) is 0. The molecule has 0 aliphatic heterocycles. The molecule has 7 nitrogen and oxygen atoms in total.